The number of rotatable bonds is 4. The largest absolute Gasteiger partial charge is 0.323 e. The predicted octanol–water partition coefficient (Wildman–Crippen LogP) is 3.42. The molecule has 3 heteroatoms. The minimum absolute atomic E-state index is 0.242. The highest BCUT2D eigenvalue weighted by atomic mass is 32.2. The molecule has 1 unspecified atom stereocenters. The summed E-state index contributed by atoms with van der Waals surface area (Å²) >= 11 is 3.81. The van der Waals surface area contributed by atoms with Crippen molar-refractivity contribution in [2.24, 2.45) is 5.73 Å². The third-order valence-corrected chi connectivity index (χ3v) is 4.98. The third kappa shape index (κ3) is 2.75. The summed E-state index contributed by atoms with van der Waals surface area (Å²) in [6.07, 6.45) is 5.65. The number of thioether (sulfide) groups is 1. The van der Waals surface area contributed by atoms with Crippen molar-refractivity contribution in [1.82, 2.24) is 0 Å². The molecule has 1 aliphatic carbocycles. The molecule has 78 valence electrons. The van der Waals surface area contributed by atoms with Crippen LogP contribution in [0.4, 0.5) is 0 Å². The van der Waals surface area contributed by atoms with Gasteiger partial charge in [-0.25, -0.2) is 0 Å². The van der Waals surface area contributed by atoms with E-state index in [-0.39, 0.29) is 6.04 Å². The first-order valence-electron chi connectivity index (χ1n) is 5.25. The molecule has 0 spiro atoms. The highest BCUT2D eigenvalue weighted by Gasteiger charge is 2.17. The van der Waals surface area contributed by atoms with Crippen molar-refractivity contribution in [1.29, 1.82) is 0 Å². The maximum absolute atomic E-state index is 6.10. The van der Waals surface area contributed by atoms with Crippen LogP contribution in [0.15, 0.2) is 16.8 Å². The van der Waals surface area contributed by atoms with E-state index in [1.807, 2.05) is 0 Å². The maximum Gasteiger partial charge on any atom is 0.0395 e. The van der Waals surface area contributed by atoms with Gasteiger partial charge in [0.25, 0.3) is 0 Å². The quantitative estimate of drug-likeness (QED) is 0.853. The van der Waals surface area contributed by atoms with E-state index in [1.165, 1.54) is 31.2 Å². The molecule has 1 saturated carbocycles. The van der Waals surface area contributed by atoms with Crippen LogP contribution in [-0.4, -0.2) is 11.0 Å². The van der Waals surface area contributed by atoms with Crippen molar-refractivity contribution in [3.63, 3.8) is 0 Å². The molecule has 1 aromatic rings. The fourth-order valence-corrected chi connectivity index (χ4v) is 3.94. The molecule has 14 heavy (non-hydrogen) atoms. The van der Waals surface area contributed by atoms with Crippen molar-refractivity contribution >= 4 is 23.1 Å². The summed E-state index contributed by atoms with van der Waals surface area (Å²) in [7, 11) is 0. The van der Waals surface area contributed by atoms with E-state index >= 15 is 0 Å². The van der Waals surface area contributed by atoms with Crippen molar-refractivity contribution in [3.8, 4) is 0 Å². The molecule has 1 aromatic heterocycles. The lowest BCUT2D eigenvalue weighted by Crippen LogP contribution is -2.13. The van der Waals surface area contributed by atoms with Gasteiger partial charge in [0.05, 0.1) is 0 Å². The van der Waals surface area contributed by atoms with Crippen LogP contribution in [-0.2, 0) is 0 Å². The Hall–Kier alpha value is 0.01000. The lowest BCUT2D eigenvalue weighted by atomic mass is 10.2. The lowest BCUT2D eigenvalue weighted by molar-refractivity contribution is 0.824. The first-order valence-corrected chi connectivity index (χ1v) is 7.24. The summed E-state index contributed by atoms with van der Waals surface area (Å²) < 4.78 is 0. The minimum Gasteiger partial charge on any atom is -0.323 e. The molecule has 0 aliphatic heterocycles. The highest BCUT2D eigenvalue weighted by Crippen LogP contribution is 2.31. The van der Waals surface area contributed by atoms with Gasteiger partial charge >= 0.3 is 0 Å². The summed E-state index contributed by atoms with van der Waals surface area (Å²) in [6.45, 7) is 0. The smallest absolute Gasteiger partial charge is 0.0395 e. The van der Waals surface area contributed by atoms with E-state index in [0.717, 1.165) is 11.0 Å². The fourth-order valence-electron chi connectivity index (χ4n) is 1.88. The Morgan fingerprint density at radius 1 is 1.50 bits per heavy atom. The van der Waals surface area contributed by atoms with Crippen LogP contribution in [0.3, 0.4) is 0 Å². The highest BCUT2D eigenvalue weighted by molar-refractivity contribution is 7.99. The number of thiophene rings is 1. The molecule has 0 radical (unpaired) electrons. The van der Waals surface area contributed by atoms with Crippen LogP contribution in [0.1, 0.15) is 37.3 Å². The zero-order chi connectivity index (χ0) is 9.80. The van der Waals surface area contributed by atoms with E-state index in [9.17, 15) is 0 Å². The Bertz CT molecular complexity index is 252. The maximum atomic E-state index is 6.10. The van der Waals surface area contributed by atoms with Crippen LogP contribution < -0.4 is 5.73 Å². The van der Waals surface area contributed by atoms with Crippen LogP contribution in [0, 0.1) is 0 Å². The van der Waals surface area contributed by atoms with E-state index in [1.54, 1.807) is 11.3 Å². The van der Waals surface area contributed by atoms with Crippen molar-refractivity contribution in [2.45, 2.75) is 37.0 Å². The monoisotopic (exact) mass is 227 g/mol. The SMILES string of the molecule is NC(CSC1CCCC1)c1ccsc1. The third-order valence-electron chi connectivity index (χ3n) is 2.79. The molecular weight excluding hydrogens is 210 g/mol. The molecule has 1 aliphatic rings. The standard InChI is InChI=1S/C11H17NS2/c12-11(9-5-6-13-7-9)8-14-10-3-1-2-4-10/h5-7,10-11H,1-4,8,12H2. The van der Waals surface area contributed by atoms with Gasteiger partial charge in [-0.2, -0.15) is 23.1 Å². The van der Waals surface area contributed by atoms with Gasteiger partial charge in [-0.15, -0.1) is 0 Å². The fraction of sp³-hybridized carbons (Fsp3) is 0.636. The van der Waals surface area contributed by atoms with Gasteiger partial charge < -0.3 is 5.73 Å². The Balaban J connectivity index is 1.74. The van der Waals surface area contributed by atoms with Gasteiger partial charge in [0.1, 0.15) is 0 Å². The molecule has 1 atom stereocenters. The second-order valence-electron chi connectivity index (χ2n) is 3.90. The zero-order valence-electron chi connectivity index (χ0n) is 8.32. The van der Waals surface area contributed by atoms with E-state index < -0.39 is 0 Å². The molecule has 1 nitrogen and oxygen atoms in total. The topological polar surface area (TPSA) is 26.0 Å². The zero-order valence-corrected chi connectivity index (χ0v) is 9.95. The van der Waals surface area contributed by atoms with Crippen LogP contribution in [0.5, 0.6) is 0 Å². The predicted molar refractivity (Wildman–Crippen MR) is 66.0 cm³/mol. The summed E-state index contributed by atoms with van der Waals surface area (Å²) in [5, 5.41) is 5.16. The Kier molecular flexibility index (Phi) is 3.90. The van der Waals surface area contributed by atoms with Gasteiger partial charge in [0.15, 0.2) is 0 Å². The Labute approximate surface area is 94.1 Å². The number of nitrogens with two attached hydrogens (primary N) is 1. The molecule has 1 heterocycles. The van der Waals surface area contributed by atoms with Crippen molar-refractivity contribution in [3.05, 3.63) is 22.4 Å². The minimum atomic E-state index is 0.242. The summed E-state index contributed by atoms with van der Waals surface area (Å²) in [5.74, 6) is 1.08. The lowest BCUT2D eigenvalue weighted by Gasteiger charge is -2.13. The van der Waals surface area contributed by atoms with Gasteiger partial charge in [-0.3, -0.25) is 0 Å². The first kappa shape index (κ1) is 10.5. The second-order valence-corrected chi connectivity index (χ2v) is 6.02. The average Bonchev–Trinajstić information content (AvgIpc) is 2.87. The molecule has 0 bridgehead atoms. The van der Waals surface area contributed by atoms with Crippen molar-refractivity contribution < 1.29 is 0 Å². The Morgan fingerprint density at radius 2 is 2.29 bits per heavy atom. The summed E-state index contributed by atoms with van der Waals surface area (Å²) in [6, 6.07) is 2.39. The average molecular weight is 227 g/mol. The first-order chi connectivity index (χ1) is 6.86. The van der Waals surface area contributed by atoms with Crippen LogP contribution >= 0.6 is 23.1 Å². The second kappa shape index (κ2) is 5.19. The van der Waals surface area contributed by atoms with E-state index in [4.69, 9.17) is 5.73 Å². The van der Waals surface area contributed by atoms with Gasteiger partial charge in [-0.05, 0) is 35.2 Å². The van der Waals surface area contributed by atoms with Crippen LogP contribution in [0.25, 0.3) is 0 Å². The van der Waals surface area contributed by atoms with Gasteiger partial charge in [0, 0.05) is 17.0 Å². The molecule has 2 rings (SSSR count). The summed E-state index contributed by atoms with van der Waals surface area (Å²) in [4.78, 5) is 0. The van der Waals surface area contributed by atoms with Gasteiger partial charge in [0.2, 0.25) is 0 Å². The molecule has 1 fully saturated rings. The van der Waals surface area contributed by atoms with E-state index in [0.29, 0.717) is 0 Å². The van der Waals surface area contributed by atoms with Crippen LogP contribution in [0.2, 0.25) is 0 Å². The summed E-state index contributed by atoms with van der Waals surface area (Å²) in [5.41, 5.74) is 7.41. The van der Waals surface area contributed by atoms with E-state index in [2.05, 4.69) is 28.6 Å². The Morgan fingerprint density at radius 3 is 2.93 bits per heavy atom. The molecule has 0 amide bonds. The molecule has 2 N–H and O–H groups in total. The van der Waals surface area contributed by atoms with Crippen molar-refractivity contribution in [2.75, 3.05) is 5.75 Å². The molecule has 0 aromatic carbocycles. The normalized spacial score (nSPS) is 20.1. The number of hydrogen-bond donors (Lipinski definition) is 1. The molecular formula is C11H17NS2. The van der Waals surface area contributed by atoms with Gasteiger partial charge in [-0.1, -0.05) is 12.8 Å². The number of hydrogen-bond acceptors (Lipinski definition) is 3. The molecule has 0 saturated heterocycles.